The first-order chi connectivity index (χ1) is 11.1. The molecule has 1 aliphatic carbocycles. The molecule has 23 heavy (non-hydrogen) atoms. The molecule has 4 heteroatoms. The Bertz CT molecular complexity index is 699. The van der Waals surface area contributed by atoms with E-state index in [4.69, 9.17) is 16.3 Å². The van der Waals surface area contributed by atoms with Gasteiger partial charge in [-0.05, 0) is 55.2 Å². The molecule has 0 saturated heterocycles. The molecule has 2 aromatic rings. The number of rotatable bonds is 4. The number of carbonyl (C=O) groups excluding carboxylic acids is 1. The summed E-state index contributed by atoms with van der Waals surface area (Å²) in [5, 5.41) is 0.649. The van der Waals surface area contributed by atoms with Crippen LogP contribution < -0.4 is 4.74 Å². The van der Waals surface area contributed by atoms with Gasteiger partial charge in [-0.25, -0.2) is 0 Å². The standard InChI is InChI=1S/C19H20ClNO2/c1-13(23-16-10-8-15(20)9-11-16)19(22)21(2)18-12-7-14-5-3-4-6-17(14)18/h3-6,8-11,13,18H,7,12H2,1-2H3. The quantitative estimate of drug-likeness (QED) is 0.839. The first-order valence-corrected chi connectivity index (χ1v) is 8.21. The van der Waals surface area contributed by atoms with Gasteiger partial charge in [0.2, 0.25) is 0 Å². The molecule has 3 nitrogen and oxygen atoms in total. The highest BCUT2D eigenvalue weighted by Crippen LogP contribution is 2.35. The van der Waals surface area contributed by atoms with Crippen LogP contribution in [0.3, 0.4) is 0 Å². The van der Waals surface area contributed by atoms with Crippen LogP contribution in [0.2, 0.25) is 5.02 Å². The van der Waals surface area contributed by atoms with Crippen molar-refractivity contribution >= 4 is 17.5 Å². The zero-order chi connectivity index (χ0) is 16.4. The van der Waals surface area contributed by atoms with Gasteiger partial charge in [0, 0.05) is 12.1 Å². The summed E-state index contributed by atoms with van der Waals surface area (Å²) in [7, 11) is 1.86. The van der Waals surface area contributed by atoms with Crippen LogP contribution in [0.15, 0.2) is 48.5 Å². The molecular weight excluding hydrogens is 310 g/mol. The fourth-order valence-corrected chi connectivity index (χ4v) is 3.27. The van der Waals surface area contributed by atoms with Crippen molar-refractivity contribution in [3.8, 4) is 5.75 Å². The van der Waals surface area contributed by atoms with Crippen molar-refractivity contribution in [2.45, 2.75) is 31.9 Å². The molecule has 2 unspecified atom stereocenters. The summed E-state index contributed by atoms with van der Waals surface area (Å²) in [6.45, 7) is 1.79. The average molecular weight is 330 g/mol. The monoisotopic (exact) mass is 329 g/mol. The Labute approximate surface area is 141 Å². The first-order valence-electron chi connectivity index (χ1n) is 7.83. The second-order valence-corrected chi connectivity index (χ2v) is 6.35. The van der Waals surface area contributed by atoms with Crippen molar-refractivity contribution in [3.05, 3.63) is 64.7 Å². The van der Waals surface area contributed by atoms with Crippen molar-refractivity contribution in [3.63, 3.8) is 0 Å². The summed E-state index contributed by atoms with van der Waals surface area (Å²) in [6, 6.07) is 15.5. The highest BCUT2D eigenvalue weighted by Gasteiger charge is 2.31. The summed E-state index contributed by atoms with van der Waals surface area (Å²) in [4.78, 5) is 14.5. The minimum absolute atomic E-state index is 0.0124. The number of aryl methyl sites for hydroxylation is 1. The fraction of sp³-hybridized carbons (Fsp3) is 0.316. The van der Waals surface area contributed by atoms with Crippen molar-refractivity contribution in [2.24, 2.45) is 0 Å². The lowest BCUT2D eigenvalue weighted by Crippen LogP contribution is -2.39. The number of halogens is 1. The SMILES string of the molecule is CC(Oc1ccc(Cl)cc1)C(=O)N(C)C1CCc2ccccc21. The Kier molecular flexibility index (Phi) is 4.58. The Morgan fingerprint density at radius 3 is 2.65 bits per heavy atom. The van der Waals surface area contributed by atoms with Gasteiger partial charge in [-0.3, -0.25) is 4.79 Å². The second-order valence-electron chi connectivity index (χ2n) is 5.92. The number of carbonyl (C=O) groups is 1. The number of fused-ring (bicyclic) bond motifs is 1. The minimum Gasteiger partial charge on any atom is -0.481 e. The maximum absolute atomic E-state index is 12.7. The van der Waals surface area contributed by atoms with Gasteiger partial charge in [0.25, 0.3) is 5.91 Å². The number of benzene rings is 2. The molecule has 0 radical (unpaired) electrons. The molecule has 3 rings (SSSR count). The smallest absolute Gasteiger partial charge is 0.263 e. The van der Waals surface area contributed by atoms with E-state index in [-0.39, 0.29) is 11.9 Å². The molecule has 0 bridgehead atoms. The summed E-state index contributed by atoms with van der Waals surface area (Å²) in [6.07, 6.45) is 1.45. The highest BCUT2D eigenvalue weighted by molar-refractivity contribution is 6.30. The summed E-state index contributed by atoms with van der Waals surface area (Å²) < 4.78 is 5.75. The molecule has 0 aliphatic heterocycles. The lowest BCUT2D eigenvalue weighted by Gasteiger charge is -2.28. The summed E-state index contributed by atoms with van der Waals surface area (Å²) >= 11 is 5.86. The van der Waals surface area contributed by atoms with Gasteiger partial charge >= 0.3 is 0 Å². The van der Waals surface area contributed by atoms with Crippen LogP contribution in [0.5, 0.6) is 5.75 Å². The van der Waals surface area contributed by atoms with Crippen LogP contribution in [0, 0.1) is 0 Å². The molecule has 1 aliphatic rings. The Morgan fingerprint density at radius 1 is 1.22 bits per heavy atom. The average Bonchev–Trinajstić information content (AvgIpc) is 2.99. The molecule has 2 atom stereocenters. The molecule has 0 saturated carbocycles. The van der Waals surface area contributed by atoms with E-state index in [1.807, 2.05) is 18.0 Å². The lowest BCUT2D eigenvalue weighted by atomic mass is 10.1. The number of amides is 1. The van der Waals surface area contributed by atoms with Crippen LogP contribution in [0.1, 0.15) is 30.5 Å². The highest BCUT2D eigenvalue weighted by atomic mass is 35.5. The van der Waals surface area contributed by atoms with E-state index < -0.39 is 6.10 Å². The number of likely N-dealkylation sites (N-methyl/N-ethyl adjacent to an activating group) is 1. The first kappa shape index (κ1) is 15.9. The fourth-order valence-electron chi connectivity index (χ4n) is 3.15. The predicted molar refractivity (Wildman–Crippen MR) is 91.8 cm³/mol. The van der Waals surface area contributed by atoms with E-state index in [9.17, 15) is 4.79 Å². The molecule has 1 amide bonds. The summed E-state index contributed by atoms with van der Waals surface area (Å²) in [5.74, 6) is 0.636. The molecule has 0 fully saturated rings. The summed E-state index contributed by atoms with van der Waals surface area (Å²) in [5.41, 5.74) is 2.59. The normalized spacial score (nSPS) is 17.4. The van der Waals surface area contributed by atoms with E-state index in [2.05, 4.69) is 18.2 Å². The third-order valence-electron chi connectivity index (χ3n) is 4.39. The van der Waals surface area contributed by atoms with Gasteiger partial charge in [-0.1, -0.05) is 35.9 Å². The molecule has 0 N–H and O–H groups in total. The minimum atomic E-state index is -0.533. The van der Waals surface area contributed by atoms with Crippen molar-refractivity contribution in [1.29, 1.82) is 0 Å². The van der Waals surface area contributed by atoms with E-state index in [1.54, 1.807) is 31.2 Å². The van der Waals surface area contributed by atoms with Crippen LogP contribution in [0.4, 0.5) is 0 Å². The molecule has 0 heterocycles. The van der Waals surface area contributed by atoms with Crippen molar-refractivity contribution in [1.82, 2.24) is 4.90 Å². The predicted octanol–water partition coefficient (Wildman–Crippen LogP) is 4.25. The van der Waals surface area contributed by atoms with Gasteiger partial charge in [0.1, 0.15) is 5.75 Å². The maximum Gasteiger partial charge on any atom is 0.263 e. The van der Waals surface area contributed by atoms with Crippen molar-refractivity contribution in [2.75, 3.05) is 7.05 Å². The largest absolute Gasteiger partial charge is 0.481 e. The molecule has 120 valence electrons. The second kappa shape index (κ2) is 6.63. The van der Waals surface area contributed by atoms with Crippen LogP contribution in [-0.4, -0.2) is 24.0 Å². The number of nitrogens with zero attached hydrogens (tertiary/aromatic N) is 1. The molecule has 0 spiro atoms. The lowest BCUT2D eigenvalue weighted by molar-refractivity contribution is -0.138. The number of ether oxygens (including phenoxy) is 1. The van der Waals surface area contributed by atoms with Gasteiger partial charge < -0.3 is 9.64 Å². The Hall–Kier alpha value is -2.00. The zero-order valence-corrected chi connectivity index (χ0v) is 14.1. The van der Waals surface area contributed by atoms with E-state index in [0.29, 0.717) is 10.8 Å². The van der Waals surface area contributed by atoms with Gasteiger partial charge in [0.05, 0.1) is 6.04 Å². The van der Waals surface area contributed by atoms with E-state index in [1.165, 1.54) is 11.1 Å². The Balaban J connectivity index is 1.69. The van der Waals surface area contributed by atoms with Gasteiger partial charge in [-0.2, -0.15) is 0 Å². The Morgan fingerprint density at radius 2 is 1.91 bits per heavy atom. The number of hydrogen-bond acceptors (Lipinski definition) is 2. The number of hydrogen-bond donors (Lipinski definition) is 0. The topological polar surface area (TPSA) is 29.5 Å². The van der Waals surface area contributed by atoms with Gasteiger partial charge in [0.15, 0.2) is 6.10 Å². The maximum atomic E-state index is 12.7. The molecule has 0 aromatic heterocycles. The van der Waals surface area contributed by atoms with E-state index in [0.717, 1.165) is 12.8 Å². The third-order valence-corrected chi connectivity index (χ3v) is 4.64. The zero-order valence-electron chi connectivity index (χ0n) is 13.3. The molecular formula is C19H20ClNO2. The van der Waals surface area contributed by atoms with E-state index >= 15 is 0 Å². The molecule has 2 aromatic carbocycles. The van der Waals surface area contributed by atoms with Crippen LogP contribution in [-0.2, 0) is 11.2 Å². The third kappa shape index (κ3) is 3.35. The van der Waals surface area contributed by atoms with Crippen LogP contribution in [0.25, 0.3) is 0 Å². The van der Waals surface area contributed by atoms with Crippen LogP contribution >= 0.6 is 11.6 Å². The van der Waals surface area contributed by atoms with Crippen molar-refractivity contribution < 1.29 is 9.53 Å². The van der Waals surface area contributed by atoms with Gasteiger partial charge in [-0.15, -0.1) is 0 Å².